The molecule has 1 aliphatic rings. The quantitative estimate of drug-likeness (QED) is 0.913. The first-order valence-electron chi connectivity index (χ1n) is 6.38. The van der Waals surface area contributed by atoms with Crippen LogP contribution in [0.4, 0.5) is 5.69 Å². The number of likely N-dealkylation sites (N-methyl/N-ethyl adjacent to an activating group) is 1. The molecule has 0 aromatic heterocycles. The molecule has 1 N–H and O–H groups in total. The lowest BCUT2D eigenvalue weighted by Crippen LogP contribution is -2.31. The van der Waals surface area contributed by atoms with E-state index in [1.165, 1.54) is 6.42 Å². The number of benzene rings is 1. The first-order chi connectivity index (χ1) is 8.49. The molecule has 18 heavy (non-hydrogen) atoms. The Morgan fingerprint density at radius 3 is 2.67 bits per heavy atom. The number of nitrogens with zero attached hydrogens (tertiary/aromatic N) is 2. The van der Waals surface area contributed by atoms with E-state index in [2.05, 4.69) is 23.9 Å². The average molecular weight is 269 g/mol. The normalized spacial score (nSPS) is 21.7. The number of aliphatic hydroxyl groups is 1. The second-order valence-electron chi connectivity index (χ2n) is 5.24. The molecular weight excluding hydrogens is 248 g/mol. The van der Waals surface area contributed by atoms with Crippen molar-refractivity contribution in [2.75, 3.05) is 32.1 Å². The molecule has 1 aromatic carbocycles. The Balaban J connectivity index is 2.15. The highest BCUT2D eigenvalue weighted by molar-refractivity contribution is 6.33. The summed E-state index contributed by atoms with van der Waals surface area (Å²) in [5, 5.41) is 10.3. The molecule has 0 bridgehead atoms. The van der Waals surface area contributed by atoms with E-state index in [-0.39, 0.29) is 0 Å². The van der Waals surface area contributed by atoms with Gasteiger partial charge in [0.25, 0.3) is 0 Å². The second-order valence-corrected chi connectivity index (χ2v) is 5.65. The highest BCUT2D eigenvalue weighted by Gasteiger charge is 2.25. The lowest BCUT2D eigenvalue weighted by atomic mass is 10.1. The van der Waals surface area contributed by atoms with Crippen molar-refractivity contribution in [1.82, 2.24) is 4.90 Å². The maximum absolute atomic E-state index is 9.54. The lowest BCUT2D eigenvalue weighted by molar-refractivity contribution is 0.199. The molecule has 1 aliphatic heterocycles. The molecule has 1 fully saturated rings. The predicted molar refractivity (Wildman–Crippen MR) is 76.4 cm³/mol. The number of anilines is 1. The number of hydrogen-bond donors (Lipinski definition) is 1. The van der Waals surface area contributed by atoms with Crippen molar-refractivity contribution in [3.05, 3.63) is 28.8 Å². The van der Waals surface area contributed by atoms with Crippen molar-refractivity contribution in [3.63, 3.8) is 0 Å². The van der Waals surface area contributed by atoms with E-state index in [0.717, 1.165) is 29.4 Å². The smallest absolute Gasteiger partial charge is 0.0762 e. The predicted octanol–water partition coefficient (Wildman–Crippen LogP) is 2.53. The molecule has 2 rings (SSSR count). The fourth-order valence-corrected chi connectivity index (χ4v) is 2.73. The molecular formula is C14H21ClN2O. The minimum Gasteiger partial charge on any atom is -0.389 e. The molecule has 0 saturated carbocycles. The molecule has 1 saturated heterocycles. The van der Waals surface area contributed by atoms with Gasteiger partial charge in [0.1, 0.15) is 0 Å². The molecule has 0 radical (unpaired) electrons. The third-order valence-electron chi connectivity index (χ3n) is 3.69. The third kappa shape index (κ3) is 2.79. The summed E-state index contributed by atoms with van der Waals surface area (Å²) in [6.07, 6.45) is 0.700. The average Bonchev–Trinajstić information content (AvgIpc) is 2.78. The SMILES string of the molecule is C[C@@H](O)c1ccc(N2CCC(N(C)C)C2)c(Cl)c1. The van der Waals surface area contributed by atoms with Gasteiger partial charge in [-0.3, -0.25) is 0 Å². The number of rotatable bonds is 3. The molecule has 4 heteroatoms. The summed E-state index contributed by atoms with van der Waals surface area (Å²) in [6, 6.07) is 6.43. The number of aliphatic hydroxyl groups excluding tert-OH is 1. The zero-order valence-electron chi connectivity index (χ0n) is 11.2. The maximum Gasteiger partial charge on any atom is 0.0762 e. The van der Waals surface area contributed by atoms with Crippen LogP contribution in [0.2, 0.25) is 5.02 Å². The van der Waals surface area contributed by atoms with Gasteiger partial charge in [0, 0.05) is 19.1 Å². The molecule has 1 unspecified atom stereocenters. The molecule has 3 nitrogen and oxygen atoms in total. The van der Waals surface area contributed by atoms with E-state index in [1.807, 2.05) is 18.2 Å². The van der Waals surface area contributed by atoms with Crippen molar-refractivity contribution < 1.29 is 5.11 Å². The molecule has 100 valence electrons. The summed E-state index contributed by atoms with van der Waals surface area (Å²) in [5.41, 5.74) is 1.94. The van der Waals surface area contributed by atoms with Gasteiger partial charge in [-0.1, -0.05) is 17.7 Å². The topological polar surface area (TPSA) is 26.7 Å². The highest BCUT2D eigenvalue weighted by atomic mass is 35.5. The van der Waals surface area contributed by atoms with Crippen LogP contribution in [-0.2, 0) is 0 Å². The fourth-order valence-electron chi connectivity index (χ4n) is 2.42. The Kier molecular flexibility index (Phi) is 4.15. The van der Waals surface area contributed by atoms with Gasteiger partial charge in [-0.15, -0.1) is 0 Å². The highest BCUT2D eigenvalue weighted by Crippen LogP contribution is 2.31. The standard InChI is InChI=1S/C14H21ClN2O/c1-10(18)11-4-5-14(13(15)8-11)17-7-6-12(9-17)16(2)3/h4-5,8,10,12,18H,6-7,9H2,1-3H3/t10-,12?/m1/s1. The van der Waals surface area contributed by atoms with Crippen molar-refractivity contribution in [1.29, 1.82) is 0 Å². The van der Waals surface area contributed by atoms with Crippen LogP contribution < -0.4 is 4.90 Å². The Labute approximate surface area is 114 Å². The van der Waals surface area contributed by atoms with E-state index in [4.69, 9.17) is 11.6 Å². The molecule has 0 spiro atoms. The fraction of sp³-hybridized carbons (Fsp3) is 0.571. The van der Waals surface area contributed by atoms with Crippen molar-refractivity contribution in [2.45, 2.75) is 25.5 Å². The molecule has 2 atom stereocenters. The Morgan fingerprint density at radius 2 is 2.17 bits per heavy atom. The zero-order valence-corrected chi connectivity index (χ0v) is 12.0. The monoisotopic (exact) mass is 268 g/mol. The number of hydrogen-bond acceptors (Lipinski definition) is 3. The van der Waals surface area contributed by atoms with Gasteiger partial charge < -0.3 is 14.9 Å². The minimum absolute atomic E-state index is 0.468. The van der Waals surface area contributed by atoms with E-state index in [1.54, 1.807) is 6.92 Å². The van der Waals surface area contributed by atoms with Crippen LogP contribution in [0.25, 0.3) is 0 Å². The lowest BCUT2D eigenvalue weighted by Gasteiger charge is -2.23. The van der Waals surface area contributed by atoms with Crippen LogP contribution in [-0.4, -0.2) is 43.2 Å². The number of halogens is 1. The van der Waals surface area contributed by atoms with Crippen LogP contribution in [0.15, 0.2) is 18.2 Å². The first kappa shape index (κ1) is 13.7. The van der Waals surface area contributed by atoms with Crippen molar-refractivity contribution in [3.8, 4) is 0 Å². The maximum atomic E-state index is 9.54. The van der Waals surface area contributed by atoms with Gasteiger partial charge in [-0.2, -0.15) is 0 Å². The van der Waals surface area contributed by atoms with E-state index in [0.29, 0.717) is 6.04 Å². The van der Waals surface area contributed by atoms with E-state index in [9.17, 15) is 5.11 Å². The molecule has 1 heterocycles. The van der Waals surface area contributed by atoms with E-state index >= 15 is 0 Å². The van der Waals surface area contributed by atoms with E-state index < -0.39 is 6.10 Å². The third-order valence-corrected chi connectivity index (χ3v) is 3.99. The van der Waals surface area contributed by atoms with Crippen LogP contribution in [0, 0.1) is 0 Å². The molecule has 0 aliphatic carbocycles. The molecule has 0 amide bonds. The zero-order chi connectivity index (χ0) is 13.3. The summed E-state index contributed by atoms with van der Waals surface area (Å²) < 4.78 is 0. The second kappa shape index (κ2) is 5.47. The van der Waals surface area contributed by atoms with Crippen LogP contribution in [0.3, 0.4) is 0 Å². The van der Waals surface area contributed by atoms with Gasteiger partial charge in [-0.25, -0.2) is 0 Å². The Morgan fingerprint density at radius 1 is 1.44 bits per heavy atom. The largest absolute Gasteiger partial charge is 0.389 e. The summed E-state index contributed by atoms with van der Waals surface area (Å²) in [4.78, 5) is 4.58. The summed E-state index contributed by atoms with van der Waals surface area (Å²) >= 11 is 6.31. The van der Waals surface area contributed by atoms with Gasteiger partial charge in [0.2, 0.25) is 0 Å². The van der Waals surface area contributed by atoms with Gasteiger partial charge in [-0.05, 0) is 45.1 Å². The van der Waals surface area contributed by atoms with Crippen molar-refractivity contribution >= 4 is 17.3 Å². The first-order valence-corrected chi connectivity index (χ1v) is 6.75. The Bertz CT molecular complexity index is 420. The summed E-state index contributed by atoms with van der Waals surface area (Å²) in [6.45, 7) is 3.81. The van der Waals surface area contributed by atoms with Crippen LogP contribution in [0.5, 0.6) is 0 Å². The van der Waals surface area contributed by atoms with Crippen LogP contribution >= 0.6 is 11.6 Å². The van der Waals surface area contributed by atoms with Gasteiger partial charge in [0.05, 0.1) is 16.8 Å². The van der Waals surface area contributed by atoms with Gasteiger partial charge >= 0.3 is 0 Å². The summed E-state index contributed by atoms with van der Waals surface area (Å²) in [5.74, 6) is 0. The van der Waals surface area contributed by atoms with Gasteiger partial charge in [0.15, 0.2) is 0 Å². The molecule has 1 aromatic rings. The van der Waals surface area contributed by atoms with Crippen molar-refractivity contribution in [2.24, 2.45) is 0 Å². The minimum atomic E-state index is -0.468. The van der Waals surface area contributed by atoms with Crippen LogP contribution in [0.1, 0.15) is 25.0 Å². The Hall–Kier alpha value is -0.770. The summed E-state index contributed by atoms with van der Waals surface area (Å²) in [7, 11) is 4.23.